The average Bonchev–Trinajstić information content (AvgIpc) is 3.99. The smallest absolute Gasteiger partial charge is 0.339 e. The van der Waals surface area contributed by atoms with Crippen LogP contribution in [0.2, 0.25) is 0 Å². The Labute approximate surface area is 366 Å². The zero-order valence-electron chi connectivity index (χ0n) is 33.2. The molecule has 0 fully saturated rings. The molecule has 0 saturated carbocycles. The van der Waals surface area contributed by atoms with Crippen molar-refractivity contribution in [3.63, 3.8) is 0 Å². The molecule has 0 aliphatic heterocycles. The molecular weight excluding hydrogens is 869 g/mol. The van der Waals surface area contributed by atoms with E-state index in [9.17, 15) is 37.1 Å². The minimum absolute atomic E-state index is 0.0270. The van der Waals surface area contributed by atoms with Crippen molar-refractivity contribution in [3.05, 3.63) is 209 Å². The van der Waals surface area contributed by atoms with Crippen LogP contribution >= 0.6 is 22.7 Å². The minimum Gasteiger partial charge on any atom is -0.379 e. The Kier molecular flexibility index (Phi) is 13.1. The van der Waals surface area contributed by atoms with Gasteiger partial charge in [0.25, 0.3) is 0 Å². The molecule has 62 heavy (non-hydrogen) atoms. The lowest BCUT2D eigenvalue weighted by Crippen LogP contribution is -2.17. The quantitative estimate of drug-likeness (QED) is 0.0580. The lowest BCUT2D eigenvalue weighted by atomic mass is 9.91. The molecule has 0 N–H and O–H groups in total. The highest BCUT2D eigenvalue weighted by Crippen LogP contribution is 2.42. The van der Waals surface area contributed by atoms with Gasteiger partial charge in [0, 0.05) is 30.7 Å². The number of nitro groups is 2. The van der Waals surface area contributed by atoms with E-state index in [1.54, 1.807) is 48.5 Å². The molecule has 0 spiro atoms. The van der Waals surface area contributed by atoms with Gasteiger partial charge in [-0.15, -0.1) is 22.7 Å². The molecule has 0 amide bonds. The van der Waals surface area contributed by atoms with E-state index in [1.807, 2.05) is 97.4 Å². The Morgan fingerprint density at radius 2 is 0.871 bits per heavy atom. The van der Waals surface area contributed by atoms with E-state index in [1.165, 1.54) is 46.9 Å². The summed E-state index contributed by atoms with van der Waals surface area (Å²) >= 11 is 2.78. The van der Waals surface area contributed by atoms with Crippen molar-refractivity contribution in [1.82, 2.24) is 0 Å². The zero-order valence-corrected chi connectivity index (χ0v) is 36.5. The maximum Gasteiger partial charge on any atom is 0.339 e. The summed E-state index contributed by atoms with van der Waals surface area (Å²) < 4.78 is 63.1. The lowest BCUT2D eigenvalue weighted by Gasteiger charge is -2.19. The average molecular weight is 907 g/mol. The molecule has 2 heterocycles. The summed E-state index contributed by atoms with van der Waals surface area (Å²) in [6, 6.07) is 41.5. The first kappa shape index (κ1) is 43.6. The number of thiophene rings is 2. The Hall–Kier alpha value is -6.46. The minimum atomic E-state index is -4.12. The summed E-state index contributed by atoms with van der Waals surface area (Å²) in [6.45, 7) is 2.97. The van der Waals surface area contributed by atoms with Crippen LogP contribution in [-0.4, -0.2) is 39.8 Å². The third-order valence-corrected chi connectivity index (χ3v) is 14.5. The number of hydrogen-bond acceptors (Lipinski definition) is 12. The van der Waals surface area contributed by atoms with Gasteiger partial charge in [0.1, 0.15) is 21.3 Å². The van der Waals surface area contributed by atoms with E-state index in [4.69, 9.17) is 8.37 Å². The Balaban J connectivity index is 0.000000186. The van der Waals surface area contributed by atoms with Gasteiger partial charge in [0.2, 0.25) is 13.1 Å². The van der Waals surface area contributed by atoms with Crippen LogP contribution in [0.1, 0.15) is 43.8 Å². The standard InChI is InChI=1S/2C23H19NO5S2/c2*1-16-8-11-18(12-9-16)31(27,28)29-21-13-10-17-5-2-3-6-19(17)23(21)20(15-24(25)26)22-7-4-14-30-22/h2*2-14,20H,15H2,1H3/t2*20-/m00/s1. The molecule has 8 rings (SSSR count). The predicted molar refractivity (Wildman–Crippen MR) is 242 cm³/mol. The van der Waals surface area contributed by atoms with Gasteiger partial charge in [0.15, 0.2) is 0 Å². The topological polar surface area (TPSA) is 173 Å². The fourth-order valence-electron chi connectivity index (χ4n) is 7.08. The highest BCUT2D eigenvalue weighted by Gasteiger charge is 2.31. The molecule has 8 aromatic rings. The third-order valence-electron chi connectivity index (χ3n) is 10.0. The van der Waals surface area contributed by atoms with Gasteiger partial charge in [-0.1, -0.05) is 108 Å². The predicted octanol–water partition coefficient (Wildman–Crippen LogP) is 10.8. The first-order chi connectivity index (χ1) is 29.7. The van der Waals surface area contributed by atoms with Crippen LogP contribution < -0.4 is 8.37 Å². The molecule has 2 atom stereocenters. The van der Waals surface area contributed by atoms with Gasteiger partial charge < -0.3 is 8.37 Å². The van der Waals surface area contributed by atoms with E-state index in [0.717, 1.165) is 42.4 Å². The Bertz CT molecular complexity index is 2870. The zero-order chi connectivity index (χ0) is 44.0. The third kappa shape index (κ3) is 10.0. The van der Waals surface area contributed by atoms with Crippen molar-refractivity contribution < 1.29 is 35.0 Å². The van der Waals surface area contributed by atoms with E-state index in [0.29, 0.717) is 11.1 Å². The van der Waals surface area contributed by atoms with E-state index in [-0.39, 0.29) is 44.2 Å². The molecule has 316 valence electrons. The molecule has 0 bridgehead atoms. The fraction of sp³-hybridized carbons (Fsp3) is 0.130. The second kappa shape index (κ2) is 18.7. The van der Waals surface area contributed by atoms with Gasteiger partial charge in [0.05, 0.1) is 11.8 Å². The van der Waals surface area contributed by atoms with Crippen molar-refractivity contribution in [2.45, 2.75) is 35.5 Å². The molecule has 6 aromatic carbocycles. The van der Waals surface area contributed by atoms with Crippen molar-refractivity contribution in [2.75, 3.05) is 13.1 Å². The van der Waals surface area contributed by atoms with Crippen LogP contribution in [0.15, 0.2) is 166 Å². The molecule has 12 nitrogen and oxygen atoms in total. The normalized spacial score (nSPS) is 12.5. The van der Waals surface area contributed by atoms with Gasteiger partial charge >= 0.3 is 20.2 Å². The second-order valence-electron chi connectivity index (χ2n) is 14.3. The van der Waals surface area contributed by atoms with Gasteiger partial charge in [-0.3, -0.25) is 20.2 Å². The number of benzene rings is 6. The molecule has 0 aliphatic carbocycles. The van der Waals surface area contributed by atoms with Crippen LogP contribution in [0, 0.1) is 34.1 Å². The fourth-order valence-corrected chi connectivity index (χ4v) is 10.6. The summed E-state index contributed by atoms with van der Waals surface area (Å²) in [4.78, 5) is 23.9. The summed E-state index contributed by atoms with van der Waals surface area (Å²) in [7, 11) is -8.24. The molecule has 2 aromatic heterocycles. The van der Waals surface area contributed by atoms with Crippen molar-refractivity contribution in [3.8, 4) is 11.5 Å². The molecule has 0 saturated heterocycles. The lowest BCUT2D eigenvalue weighted by molar-refractivity contribution is -0.481. The first-order valence-electron chi connectivity index (χ1n) is 19.1. The van der Waals surface area contributed by atoms with Crippen molar-refractivity contribution >= 4 is 64.5 Å². The van der Waals surface area contributed by atoms with Crippen LogP contribution in [0.3, 0.4) is 0 Å². The largest absolute Gasteiger partial charge is 0.379 e. The van der Waals surface area contributed by atoms with E-state index >= 15 is 0 Å². The highest BCUT2D eigenvalue weighted by atomic mass is 32.2. The summed E-state index contributed by atoms with van der Waals surface area (Å²) in [6.07, 6.45) is 0. The number of fused-ring (bicyclic) bond motifs is 2. The maximum absolute atomic E-state index is 13.0. The van der Waals surface area contributed by atoms with E-state index < -0.39 is 32.1 Å². The first-order valence-corrected chi connectivity index (χ1v) is 23.6. The van der Waals surface area contributed by atoms with Crippen LogP contribution in [0.5, 0.6) is 11.5 Å². The van der Waals surface area contributed by atoms with Gasteiger partial charge in [-0.2, -0.15) is 16.8 Å². The SMILES string of the molecule is Cc1ccc(S(=O)(=O)Oc2ccc3ccccc3c2[C@@H](C[N+](=O)[O-])c2cccs2)cc1.Cc1ccc(S(=O)(=O)Oc2ccc3ccccc3c2[C@@H](C[N+](=O)[O-])c2cccs2)cc1. The molecule has 16 heteroatoms. The highest BCUT2D eigenvalue weighted by molar-refractivity contribution is 7.87. The second-order valence-corrected chi connectivity index (χ2v) is 19.3. The molecule has 0 radical (unpaired) electrons. The molecule has 0 aliphatic rings. The number of hydrogen-bond donors (Lipinski definition) is 0. The number of aryl methyl sites for hydroxylation is 2. The van der Waals surface area contributed by atoms with Crippen LogP contribution in [0.4, 0.5) is 0 Å². The van der Waals surface area contributed by atoms with E-state index in [2.05, 4.69) is 0 Å². The summed E-state index contributed by atoms with van der Waals surface area (Å²) in [5.74, 6) is -1.10. The van der Waals surface area contributed by atoms with Gasteiger partial charge in [-0.05, 0) is 94.7 Å². The maximum atomic E-state index is 13.0. The van der Waals surface area contributed by atoms with Crippen LogP contribution in [0.25, 0.3) is 21.5 Å². The van der Waals surface area contributed by atoms with Crippen molar-refractivity contribution in [1.29, 1.82) is 0 Å². The summed E-state index contributed by atoms with van der Waals surface area (Å²) in [5.41, 5.74) is 2.84. The number of rotatable bonds is 14. The molecular formula is C46H38N2O10S4. The van der Waals surface area contributed by atoms with Crippen LogP contribution in [-0.2, 0) is 20.2 Å². The molecule has 0 unspecified atom stereocenters. The number of nitrogens with zero attached hydrogens (tertiary/aromatic N) is 2. The Morgan fingerprint density at radius 1 is 0.500 bits per heavy atom. The van der Waals surface area contributed by atoms with Gasteiger partial charge in [-0.25, -0.2) is 0 Å². The Morgan fingerprint density at radius 3 is 1.21 bits per heavy atom. The van der Waals surface area contributed by atoms with Crippen molar-refractivity contribution in [2.24, 2.45) is 0 Å². The summed E-state index contributed by atoms with van der Waals surface area (Å²) in [5, 5.41) is 29.9. The monoisotopic (exact) mass is 906 g/mol.